The van der Waals surface area contributed by atoms with Crippen LogP contribution in [-0.4, -0.2) is 12.2 Å². The summed E-state index contributed by atoms with van der Waals surface area (Å²) in [5.41, 5.74) is 0. The van der Waals surface area contributed by atoms with Crippen molar-refractivity contribution in [2.24, 2.45) is 11.8 Å². The Morgan fingerprint density at radius 1 is 0.727 bits per heavy atom. The lowest BCUT2D eigenvalue weighted by Gasteiger charge is -2.27. The van der Waals surface area contributed by atoms with Crippen LogP contribution in [0.3, 0.4) is 0 Å². The van der Waals surface area contributed by atoms with E-state index in [-0.39, 0.29) is 0 Å². The second kappa shape index (κ2) is 4.76. The first kappa shape index (κ1) is 11.0. The normalized spacial score (nSPS) is 12.5. The van der Waals surface area contributed by atoms with Gasteiger partial charge in [-0.05, 0) is 25.7 Å². The van der Waals surface area contributed by atoms with Crippen LogP contribution in [0.5, 0.6) is 0 Å². The maximum atomic E-state index is 5.77. The molecular formula is C10H22O. The molecule has 0 fully saturated rings. The van der Waals surface area contributed by atoms with Gasteiger partial charge in [0.15, 0.2) is 0 Å². The second-order valence-electron chi connectivity index (χ2n) is 4.14. The molecule has 0 aromatic carbocycles. The molecule has 1 heteroatoms. The first-order chi connectivity index (χ1) is 4.95. The Kier molecular flexibility index (Phi) is 4.74. The fourth-order valence-electron chi connectivity index (χ4n) is 1.40. The zero-order valence-corrected chi connectivity index (χ0v) is 8.72. The third-order valence-corrected chi connectivity index (χ3v) is 1.74. The lowest BCUT2D eigenvalue weighted by molar-refractivity contribution is -0.0437. The molecule has 0 atom stereocenters. The first-order valence-corrected chi connectivity index (χ1v) is 4.60. The summed E-state index contributed by atoms with van der Waals surface area (Å²) in [4.78, 5) is 0. The van der Waals surface area contributed by atoms with E-state index in [1.54, 1.807) is 0 Å². The zero-order chi connectivity index (χ0) is 9.02. The van der Waals surface area contributed by atoms with Crippen molar-refractivity contribution < 1.29 is 4.74 Å². The molecule has 0 saturated carbocycles. The van der Waals surface area contributed by atoms with Gasteiger partial charge < -0.3 is 4.74 Å². The molecule has 0 amide bonds. The summed E-state index contributed by atoms with van der Waals surface area (Å²) in [6.45, 7) is 13.1. The molecule has 0 aromatic heterocycles. The lowest BCUT2D eigenvalue weighted by atomic mass is 9.96. The first-order valence-electron chi connectivity index (χ1n) is 4.60. The molecule has 0 aromatic rings. The van der Waals surface area contributed by atoms with Crippen LogP contribution < -0.4 is 0 Å². The van der Waals surface area contributed by atoms with E-state index in [4.69, 9.17) is 4.74 Å². The van der Waals surface area contributed by atoms with E-state index in [0.29, 0.717) is 24.0 Å². The van der Waals surface area contributed by atoms with Gasteiger partial charge in [-0.25, -0.2) is 0 Å². The second-order valence-corrected chi connectivity index (χ2v) is 4.14. The molecule has 0 aliphatic carbocycles. The number of hydrogen-bond acceptors (Lipinski definition) is 1. The molecule has 1 nitrogen and oxygen atoms in total. The molecule has 0 bridgehead atoms. The van der Waals surface area contributed by atoms with Gasteiger partial charge in [0.05, 0.1) is 12.2 Å². The minimum absolute atomic E-state index is 0.352. The SMILES string of the molecule is CC(C)OC(C(C)C)C(C)C. The van der Waals surface area contributed by atoms with E-state index in [1.165, 1.54) is 0 Å². The molecule has 0 aliphatic rings. The molecule has 11 heavy (non-hydrogen) atoms. The largest absolute Gasteiger partial charge is 0.375 e. The van der Waals surface area contributed by atoms with E-state index in [0.717, 1.165) is 0 Å². The lowest BCUT2D eigenvalue weighted by Crippen LogP contribution is -2.28. The summed E-state index contributed by atoms with van der Waals surface area (Å²) in [5.74, 6) is 1.25. The van der Waals surface area contributed by atoms with Crippen molar-refractivity contribution in [1.29, 1.82) is 0 Å². The Bertz CT molecular complexity index is 87.0. The smallest absolute Gasteiger partial charge is 0.0624 e. The molecule has 0 N–H and O–H groups in total. The standard InChI is InChI=1S/C10H22O/c1-7(2)10(8(3)4)11-9(5)6/h7-10H,1-6H3. The quantitative estimate of drug-likeness (QED) is 0.611. The van der Waals surface area contributed by atoms with Crippen LogP contribution in [0.2, 0.25) is 0 Å². The van der Waals surface area contributed by atoms with Gasteiger partial charge in [0.25, 0.3) is 0 Å². The van der Waals surface area contributed by atoms with Gasteiger partial charge in [0.2, 0.25) is 0 Å². The Balaban J connectivity index is 3.90. The Morgan fingerprint density at radius 2 is 1.09 bits per heavy atom. The summed E-state index contributed by atoms with van der Waals surface area (Å²) in [6, 6.07) is 0. The van der Waals surface area contributed by atoms with Crippen LogP contribution in [-0.2, 0) is 4.74 Å². The molecule has 0 heterocycles. The van der Waals surface area contributed by atoms with Crippen LogP contribution in [0.25, 0.3) is 0 Å². The van der Waals surface area contributed by atoms with Crippen molar-refractivity contribution in [1.82, 2.24) is 0 Å². The van der Waals surface area contributed by atoms with E-state index in [2.05, 4.69) is 41.5 Å². The van der Waals surface area contributed by atoms with E-state index < -0.39 is 0 Å². The molecule has 0 spiro atoms. The molecule has 0 unspecified atom stereocenters. The fourth-order valence-corrected chi connectivity index (χ4v) is 1.40. The molecular weight excluding hydrogens is 136 g/mol. The average Bonchev–Trinajstić information content (AvgIpc) is 1.81. The van der Waals surface area contributed by atoms with Crippen molar-refractivity contribution in [2.75, 3.05) is 0 Å². The van der Waals surface area contributed by atoms with Crippen molar-refractivity contribution in [3.05, 3.63) is 0 Å². The Labute approximate surface area is 71.1 Å². The summed E-state index contributed by atoms with van der Waals surface area (Å²) in [6.07, 6.45) is 0.764. The van der Waals surface area contributed by atoms with Gasteiger partial charge in [-0.15, -0.1) is 0 Å². The van der Waals surface area contributed by atoms with Gasteiger partial charge >= 0.3 is 0 Å². The van der Waals surface area contributed by atoms with Crippen molar-refractivity contribution in [3.8, 4) is 0 Å². The molecule has 0 rings (SSSR count). The average molecular weight is 158 g/mol. The number of ether oxygens (including phenoxy) is 1. The minimum atomic E-state index is 0.352. The highest BCUT2D eigenvalue weighted by Gasteiger charge is 2.18. The molecule has 68 valence electrons. The molecule has 0 saturated heterocycles. The third kappa shape index (κ3) is 4.41. The van der Waals surface area contributed by atoms with Gasteiger partial charge in [0.1, 0.15) is 0 Å². The maximum Gasteiger partial charge on any atom is 0.0624 e. The number of hydrogen-bond donors (Lipinski definition) is 0. The van der Waals surface area contributed by atoms with Crippen LogP contribution >= 0.6 is 0 Å². The predicted molar refractivity (Wildman–Crippen MR) is 49.7 cm³/mol. The molecule has 0 radical (unpaired) electrons. The van der Waals surface area contributed by atoms with Crippen LogP contribution in [0.1, 0.15) is 41.5 Å². The van der Waals surface area contributed by atoms with Crippen molar-refractivity contribution in [3.63, 3.8) is 0 Å². The Morgan fingerprint density at radius 3 is 1.18 bits per heavy atom. The fraction of sp³-hybridized carbons (Fsp3) is 1.00. The highest BCUT2D eigenvalue weighted by atomic mass is 16.5. The highest BCUT2D eigenvalue weighted by Crippen LogP contribution is 2.17. The summed E-state index contributed by atoms with van der Waals surface area (Å²) in [7, 11) is 0. The molecule has 0 aliphatic heterocycles. The number of rotatable bonds is 4. The van der Waals surface area contributed by atoms with Crippen LogP contribution in [0.15, 0.2) is 0 Å². The monoisotopic (exact) mass is 158 g/mol. The van der Waals surface area contributed by atoms with Crippen molar-refractivity contribution in [2.45, 2.75) is 53.8 Å². The van der Waals surface area contributed by atoms with Crippen LogP contribution in [0, 0.1) is 11.8 Å². The maximum absolute atomic E-state index is 5.77. The topological polar surface area (TPSA) is 9.23 Å². The van der Waals surface area contributed by atoms with Crippen molar-refractivity contribution >= 4 is 0 Å². The predicted octanol–water partition coefficient (Wildman–Crippen LogP) is 3.09. The van der Waals surface area contributed by atoms with Crippen LogP contribution in [0.4, 0.5) is 0 Å². The van der Waals surface area contributed by atoms with Gasteiger partial charge in [-0.1, -0.05) is 27.7 Å². The van der Waals surface area contributed by atoms with Gasteiger partial charge in [-0.3, -0.25) is 0 Å². The third-order valence-electron chi connectivity index (χ3n) is 1.74. The summed E-state index contributed by atoms with van der Waals surface area (Å²) >= 11 is 0. The van der Waals surface area contributed by atoms with E-state index in [1.807, 2.05) is 0 Å². The zero-order valence-electron chi connectivity index (χ0n) is 8.72. The van der Waals surface area contributed by atoms with E-state index in [9.17, 15) is 0 Å². The van der Waals surface area contributed by atoms with Gasteiger partial charge in [-0.2, -0.15) is 0 Å². The highest BCUT2D eigenvalue weighted by molar-refractivity contribution is 4.66. The Hall–Kier alpha value is -0.0400. The summed E-state index contributed by atoms with van der Waals surface area (Å²) in [5, 5.41) is 0. The van der Waals surface area contributed by atoms with E-state index >= 15 is 0 Å². The minimum Gasteiger partial charge on any atom is -0.375 e. The van der Waals surface area contributed by atoms with Gasteiger partial charge in [0, 0.05) is 0 Å². The summed E-state index contributed by atoms with van der Waals surface area (Å²) < 4.78 is 5.77.